The molecule has 0 aliphatic heterocycles. The molecular formula is C18H22N4O2. The molecular weight excluding hydrogens is 304 g/mol. The molecule has 1 aromatic carbocycles. The maximum absolute atomic E-state index is 12.0. The third kappa shape index (κ3) is 3.59. The monoisotopic (exact) mass is 326 g/mol. The fourth-order valence-electron chi connectivity index (χ4n) is 2.81. The lowest BCUT2D eigenvalue weighted by Crippen LogP contribution is -2.23. The van der Waals surface area contributed by atoms with Gasteiger partial charge in [-0.25, -0.2) is 4.79 Å². The Hall–Kier alpha value is -2.76. The zero-order valence-electron chi connectivity index (χ0n) is 14.0. The van der Waals surface area contributed by atoms with Crippen LogP contribution in [0.1, 0.15) is 29.8 Å². The first kappa shape index (κ1) is 16.1. The third-order valence-corrected chi connectivity index (χ3v) is 4.39. The van der Waals surface area contributed by atoms with E-state index in [4.69, 9.17) is 0 Å². The van der Waals surface area contributed by atoms with Crippen molar-refractivity contribution in [1.82, 2.24) is 19.9 Å². The molecule has 2 aromatic heterocycles. The van der Waals surface area contributed by atoms with Gasteiger partial charge in [-0.3, -0.25) is 4.79 Å². The van der Waals surface area contributed by atoms with Gasteiger partial charge in [0.1, 0.15) is 0 Å². The number of aromatic nitrogens is 3. The predicted molar refractivity (Wildman–Crippen MR) is 93.9 cm³/mol. The number of aromatic amines is 2. The van der Waals surface area contributed by atoms with Crippen molar-refractivity contribution in [1.29, 1.82) is 0 Å². The molecule has 0 aliphatic carbocycles. The first-order valence-electron chi connectivity index (χ1n) is 8.12. The quantitative estimate of drug-likeness (QED) is 0.648. The average Bonchev–Trinajstić information content (AvgIpc) is 3.07. The van der Waals surface area contributed by atoms with Crippen LogP contribution in [0.4, 0.5) is 0 Å². The summed E-state index contributed by atoms with van der Waals surface area (Å²) in [7, 11) is 2.00. The van der Waals surface area contributed by atoms with E-state index in [0.717, 1.165) is 35.1 Å². The second-order valence-corrected chi connectivity index (χ2v) is 6.11. The number of fused-ring (bicyclic) bond motifs is 1. The highest BCUT2D eigenvalue weighted by molar-refractivity contribution is 5.76. The molecule has 126 valence electrons. The summed E-state index contributed by atoms with van der Waals surface area (Å²) in [5.74, 6) is 0.0602. The second kappa shape index (κ2) is 6.78. The number of rotatable bonds is 6. The van der Waals surface area contributed by atoms with Gasteiger partial charge in [0.05, 0.1) is 17.6 Å². The van der Waals surface area contributed by atoms with Crippen molar-refractivity contribution in [3.8, 4) is 0 Å². The third-order valence-electron chi connectivity index (χ3n) is 4.39. The summed E-state index contributed by atoms with van der Waals surface area (Å²) in [6.07, 6.45) is 2.07. The zero-order chi connectivity index (χ0) is 17.1. The molecule has 0 radical (unpaired) electrons. The summed E-state index contributed by atoms with van der Waals surface area (Å²) in [6.45, 7) is 2.60. The van der Waals surface area contributed by atoms with Crippen LogP contribution < -0.4 is 11.0 Å². The van der Waals surface area contributed by atoms with Crippen molar-refractivity contribution in [3.63, 3.8) is 0 Å². The van der Waals surface area contributed by atoms with Crippen molar-refractivity contribution < 1.29 is 4.79 Å². The van der Waals surface area contributed by atoms with E-state index in [0.29, 0.717) is 13.0 Å². The van der Waals surface area contributed by atoms with Crippen LogP contribution in [0.2, 0.25) is 0 Å². The van der Waals surface area contributed by atoms with Gasteiger partial charge in [-0.05, 0) is 49.6 Å². The molecule has 6 nitrogen and oxygen atoms in total. The summed E-state index contributed by atoms with van der Waals surface area (Å²) in [5.41, 5.74) is 4.81. The van der Waals surface area contributed by atoms with Crippen LogP contribution in [0.15, 0.2) is 35.1 Å². The number of amides is 1. The summed E-state index contributed by atoms with van der Waals surface area (Å²) < 4.78 is 2.08. The molecule has 3 N–H and O–H groups in total. The highest BCUT2D eigenvalue weighted by Gasteiger charge is 2.06. The maximum Gasteiger partial charge on any atom is 0.323 e. The van der Waals surface area contributed by atoms with Crippen molar-refractivity contribution in [2.75, 3.05) is 0 Å². The van der Waals surface area contributed by atoms with Crippen LogP contribution in [0.5, 0.6) is 0 Å². The molecule has 24 heavy (non-hydrogen) atoms. The Labute approximate surface area is 139 Å². The normalized spacial score (nSPS) is 11.1. The Morgan fingerprint density at radius 3 is 2.71 bits per heavy atom. The minimum Gasteiger partial charge on any atom is -0.351 e. The number of H-pyrrole nitrogens is 2. The zero-order valence-corrected chi connectivity index (χ0v) is 14.0. The van der Waals surface area contributed by atoms with Gasteiger partial charge in [0.15, 0.2) is 0 Å². The molecule has 0 saturated heterocycles. The minimum absolute atomic E-state index is 0.0602. The van der Waals surface area contributed by atoms with E-state index in [-0.39, 0.29) is 11.6 Å². The molecule has 3 aromatic rings. The largest absolute Gasteiger partial charge is 0.351 e. The van der Waals surface area contributed by atoms with E-state index in [9.17, 15) is 9.59 Å². The van der Waals surface area contributed by atoms with E-state index in [1.165, 1.54) is 5.69 Å². The topological polar surface area (TPSA) is 82.7 Å². The molecule has 1 amide bonds. The smallest absolute Gasteiger partial charge is 0.323 e. The molecule has 0 fully saturated rings. The summed E-state index contributed by atoms with van der Waals surface area (Å²) >= 11 is 0. The number of benzene rings is 1. The van der Waals surface area contributed by atoms with Gasteiger partial charge in [-0.1, -0.05) is 6.07 Å². The van der Waals surface area contributed by atoms with Crippen LogP contribution >= 0.6 is 0 Å². The van der Waals surface area contributed by atoms with E-state index in [1.54, 1.807) is 0 Å². The van der Waals surface area contributed by atoms with Gasteiger partial charge >= 0.3 is 5.69 Å². The summed E-state index contributed by atoms with van der Waals surface area (Å²) in [6, 6.07) is 9.90. The van der Waals surface area contributed by atoms with Gasteiger partial charge in [0.2, 0.25) is 5.91 Å². The molecule has 2 heterocycles. The van der Waals surface area contributed by atoms with Crippen LogP contribution in [0.25, 0.3) is 11.0 Å². The number of imidazole rings is 1. The number of hydrogen-bond acceptors (Lipinski definition) is 2. The summed E-state index contributed by atoms with van der Waals surface area (Å²) in [5, 5.41) is 2.96. The van der Waals surface area contributed by atoms with E-state index in [2.05, 4.69) is 19.9 Å². The Kier molecular flexibility index (Phi) is 4.55. The van der Waals surface area contributed by atoms with Crippen LogP contribution in [0.3, 0.4) is 0 Å². The maximum atomic E-state index is 12.0. The molecule has 0 atom stereocenters. The van der Waals surface area contributed by atoms with Crippen molar-refractivity contribution in [3.05, 3.63) is 57.8 Å². The SMILES string of the molecule is Cc1ccc(CNC(=O)CCCc2ccc3[nH]c(=O)[nH]c3c2)n1C. The minimum atomic E-state index is -0.197. The standard InChI is InChI=1S/C18H22N4O2/c1-12-6-8-14(22(12)2)11-19-17(23)5-3-4-13-7-9-15-16(10-13)21-18(24)20-15/h6-10H,3-5,11H2,1-2H3,(H,19,23)(H2,20,21,24). The van der Waals surface area contributed by atoms with E-state index < -0.39 is 0 Å². The molecule has 6 heteroatoms. The molecule has 3 rings (SSSR count). The number of carbonyl (C=O) groups is 1. The highest BCUT2D eigenvalue weighted by Crippen LogP contribution is 2.12. The Morgan fingerprint density at radius 1 is 1.17 bits per heavy atom. The van der Waals surface area contributed by atoms with Crippen molar-refractivity contribution in [2.24, 2.45) is 7.05 Å². The van der Waals surface area contributed by atoms with Crippen LogP contribution in [0, 0.1) is 6.92 Å². The number of hydrogen-bond donors (Lipinski definition) is 3. The van der Waals surface area contributed by atoms with Crippen LogP contribution in [-0.4, -0.2) is 20.4 Å². The number of nitrogens with zero attached hydrogens (tertiary/aromatic N) is 1. The van der Waals surface area contributed by atoms with Crippen LogP contribution in [-0.2, 0) is 24.8 Å². The van der Waals surface area contributed by atoms with Gasteiger partial charge in [-0.2, -0.15) is 0 Å². The average molecular weight is 326 g/mol. The fourth-order valence-corrected chi connectivity index (χ4v) is 2.81. The fraction of sp³-hybridized carbons (Fsp3) is 0.333. The Balaban J connectivity index is 1.47. The lowest BCUT2D eigenvalue weighted by atomic mass is 10.1. The van der Waals surface area contributed by atoms with Crippen molar-refractivity contribution >= 4 is 16.9 Å². The predicted octanol–water partition coefficient (Wildman–Crippen LogP) is 2.14. The molecule has 0 bridgehead atoms. The lowest BCUT2D eigenvalue weighted by molar-refractivity contribution is -0.121. The Bertz CT molecular complexity index is 917. The van der Waals surface area contributed by atoms with Gasteiger partial charge in [-0.15, -0.1) is 0 Å². The highest BCUT2D eigenvalue weighted by atomic mass is 16.1. The lowest BCUT2D eigenvalue weighted by Gasteiger charge is -2.07. The first-order valence-corrected chi connectivity index (χ1v) is 8.12. The van der Waals surface area contributed by atoms with E-state index >= 15 is 0 Å². The second-order valence-electron chi connectivity index (χ2n) is 6.11. The molecule has 0 aliphatic rings. The van der Waals surface area contributed by atoms with Gasteiger partial charge < -0.3 is 19.9 Å². The number of carbonyl (C=O) groups excluding carboxylic acids is 1. The first-order chi connectivity index (χ1) is 11.5. The van der Waals surface area contributed by atoms with Crippen molar-refractivity contribution in [2.45, 2.75) is 32.7 Å². The molecule has 0 unspecified atom stereocenters. The number of aryl methyl sites for hydroxylation is 2. The Morgan fingerprint density at radius 2 is 1.96 bits per heavy atom. The van der Waals surface area contributed by atoms with Gasteiger partial charge in [0, 0.05) is 24.9 Å². The molecule has 0 saturated carbocycles. The molecule has 0 spiro atoms. The number of nitrogens with one attached hydrogen (secondary N) is 3. The van der Waals surface area contributed by atoms with Gasteiger partial charge in [0.25, 0.3) is 0 Å². The summed E-state index contributed by atoms with van der Waals surface area (Å²) in [4.78, 5) is 28.7. The van der Waals surface area contributed by atoms with E-state index in [1.807, 2.05) is 44.3 Å².